The van der Waals surface area contributed by atoms with E-state index in [9.17, 15) is 18.0 Å². The lowest BCUT2D eigenvalue weighted by molar-refractivity contribution is -0.154. The molecule has 11 heteroatoms. The zero-order valence-electron chi connectivity index (χ0n) is 11.7. The third kappa shape index (κ3) is 4.76. The highest BCUT2D eigenvalue weighted by molar-refractivity contribution is 5.93. The molecule has 0 atom stereocenters. The van der Waals surface area contributed by atoms with Crippen LogP contribution in [0.5, 0.6) is 5.88 Å². The molecule has 0 aliphatic rings. The molecule has 1 N–H and O–H groups in total. The molecule has 2 heterocycles. The molecule has 8 nitrogen and oxygen atoms in total. The Hall–Kier alpha value is -2.98. The van der Waals surface area contributed by atoms with Gasteiger partial charge in [-0.15, -0.1) is 0 Å². The van der Waals surface area contributed by atoms with Crippen LogP contribution in [-0.4, -0.2) is 45.8 Å². The van der Waals surface area contributed by atoms with Gasteiger partial charge >= 0.3 is 12.1 Å². The molecule has 2 rings (SSSR count). The SMILES string of the molecule is COC(=O)c1nc(OCC(F)(F)F)cnc1Nc1cncnc1. The van der Waals surface area contributed by atoms with Gasteiger partial charge in [-0.05, 0) is 0 Å². The fourth-order valence-electron chi connectivity index (χ4n) is 1.43. The second-order valence-electron chi connectivity index (χ2n) is 4.05. The molecular formula is C12H10F3N5O3. The number of ether oxygens (including phenoxy) is 2. The van der Waals surface area contributed by atoms with Crippen LogP contribution in [0.25, 0.3) is 0 Å². The van der Waals surface area contributed by atoms with Gasteiger partial charge in [-0.2, -0.15) is 13.2 Å². The summed E-state index contributed by atoms with van der Waals surface area (Å²) in [6.45, 7) is -1.55. The third-order valence-electron chi connectivity index (χ3n) is 2.34. The Morgan fingerprint density at radius 2 is 1.96 bits per heavy atom. The number of hydrogen-bond donors (Lipinski definition) is 1. The zero-order valence-corrected chi connectivity index (χ0v) is 11.7. The highest BCUT2D eigenvalue weighted by atomic mass is 19.4. The Morgan fingerprint density at radius 3 is 2.57 bits per heavy atom. The summed E-state index contributed by atoms with van der Waals surface area (Å²) in [5, 5.41) is 2.71. The van der Waals surface area contributed by atoms with Gasteiger partial charge in [-0.3, -0.25) is 0 Å². The molecule has 0 spiro atoms. The number of methoxy groups -OCH3 is 1. The predicted octanol–water partition coefficient (Wildman–Crippen LogP) is 1.74. The Morgan fingerprint density at radius 1 is 1.26 bits per heavy atom. The van der Waals surface area contributed by atoms with Gasteiger partial charge in [-0.1, -0.05) is 0 Å². The maximum absolute atomic E-state index is 12.1. The van der Waals surface area contributed by atoms with Gasteiger partial charge in [0.2, 0.25) is 5.88 Å². The second kappa shape index (κ2) is 6.85. The van der Waals surface area contributed by atoms with Crippen molar-refractivity contribution in [2.75, 3.05) is 19.0 Å². The fraction of sp³-hybridized carbons (Fsp3) is 0.250. The van der Waals surface area contributed by atoms with Crippen LogP contribution in [-0.2, 0) is 4.74 Å². The van der Waals surface area contributed by atoms with E-state index < -0.39 is 24.6 Å². The summed E-state index contributed by atoms with van der Waals surface area (Å²) in [5.74, 6) is -1.39. The summed E-state index contributed by atoms with van der Waals surface area (Å²) in [6.07, 6.45) is 0.523. The number of halogens is 3. The molecular weight excluding hydrogens is 319 g/mol. The van der Waals surface area contributed by atoms with E-state index in [-0.39, 0.29) is 11.5 Å². The van der Waals surface area contributed by atoms with E-state index in [1.54, 1.807) is 0 Å². The highest BCUT2D eigenvalue weighted by Crippen LogP contribution is 2.21. The van der Waals surface area contributed by atoms with Crippen LogP contribution in [0, 0.1) is 0 Å². The average molecular weight is 329 g/mol. The summed E-state index contributed by atoms with van der Waals surface area (Å²) in [6, 6.07) is 0. The van der Waals surface area contributed by atoms with Gasteiger partial charge in [0.05, 0.1) is 31.4 Å². The number of nitrogens with zero attached hydrogens (tertiary/aromatic N) is 4. The van der Waals surface area contributed by atoms with Gasteiger partial charge in [0, 0.05) is 0 Å². The van der Waals surface area contributed by atoms with Crippen molar-refractivity contribution in [1.29, 1.82) is 0 Å². The number of carbonyl (C=O) groups is 1. The molecule has 0 unspecified atom stereocenters. The minimum absolute atomic E-state index is 0.0361. The van der Waals surface area contributed by atoms with Gasteiger partial charge in [0.15, 0.2) is 18.1 Å². The van der Waals surface area contributed by atoms with Crippen molar-refractivity contribution in [2.45, 2.75) is 6.18 Å². The molecule has 0 bridgehead atoms. The largest absolute Gasteiger partial charge is 0.467 e. The fourth-order valence-corrected chi connectivity index (χ4v) is 1.43. The summed E-state index contributed by atoms with van der Waals surface area (Å²) >= 11 is 0. The number of esters is 1. The lowest BCUT2D eigenvalue weighted by atomic mass is 10.4. The Kier molecular flexibility index (Phi) is 4.88. The molecule has 23 heavy (non-hydrogen) atoms. The molecule has 0 aliphatic heterocycles. The molecule has 0 aromatic carbocycles. The first kappa shape index (κ1) is 16.4. The first-order valence-corrected chi connectivity index (χ1v) is 6.06. The first-order chi connectivity index (χ1) is 10.9. The van der Waals surface area contributed by atoms with Gasteiger partial charge < -0.3 is 14.8 Å². The normalized spacial score (nSPS) is 11.0. The van der Waals surface area contributed by atoms with E-state index in [1.807, 2.05) is 0 Å². The monoisotopic (exact) mass is 329 g/mol. The van der Waals surface area contributed by atoms with Crippen LogP contribution in [0.2, 0.25) is 0 Å². The molecule has 0 amide bonds. The summed E-state index contributed by atoms with van der Waals surface area (Å²) in [7, 11) is 1.10. The van der Waals surface area contributed by atoms with Crippen LogP contribution < -0.4 is 10.1 Å². The van der Waals surface area contributed by atoms with Crippen molar-refractivity contribution < 1.29 is 27.4 Å². The van der Waals surface area contributed by atoms with Gasteiger partial charge in [0.25, 0.3) is 0 Å². The third-order valence-corrected chi connectivity index (χ3v) is 2.34. The highest BCUT2D eigenvalue weighted by Gasteiger charge is 2.29. The Balaban J connectivity index is 2.26. The standard InChI is InChI=1S/C12H10F3N5O3/c1-22-11(21)9-10(19-7-2-16-6-17-3-7)18-4-8(20-9)23-5-12(13,14)15/h2-4,6H,5H2,1H3,(H,18,19). The molecule has 0 fully saturated rings. The van der Waals surface area contributed by atoms with Crippen LogP contribution in [0.15, 0.2) is 24.9 Å². The summed E-state index contributed by atoms with van der Waals surface area (Å²) < 4.78 is 45.4. The smallest absolute Gasteiger partial charge is 0.422 e. The average Bonchev–Trinajstić information content (AvgIpc) is 2.53. The Labute approximate surface area is 127 Å². The van der Waals surface area contributed by atoms with E-state index >= 15 is 0 Å². The number of carbonyl (C=O) groups excluding carboxylic acids is 1. The summed E-state index contributed by atoms with van der Waals surface area (Å²) in [5.41, 5.74) is 0.0620. The van der Waals surface area contributed by atoms with Gasteiger partial charge in [-0.25, -0.2) is 24.7 Å². The minimum Gasteiger partial charge on any atom is -0.467 e. The second-order valence-corrected chi connectivity index (χ2v) is 4.05. The van der Waals surface area contributed by atoms with Crippen molar-refractivity contribution in [3.05, 3.63) is 30.6 Å². The molecule has 0 saturated carbocycles. The van der Waals surface area contributed by atoms with E-state index in [4.69, 9.17) is 0 Å². The van der Waals surface area contributed by atoms with Crippen molar-refractivity contribution in [3.63, 3.8) is 0 Å². The number of rotatable bonds is 5. The van der Waals surface area contributed by atoms with Crippen molar-refractivity contribution in [3.8, 4) is 5.88 Å². The van der Waals surface area contributed by atoms with E-state index in [2.05, 4.69) is 34.7 Å². The predicted molar refractivity (Wildman–Crippen MR) is 70.2 cm³/mol. The van der Waals surface area contributed by atoms with Gasteiger partial charge in [0.1, 0.15) is 6.33 Å². The number of hydrogen-bond acceptors (Lipinski definition) is 8. The quantitative estimate of drug-likeness (QED) is 0.828. The maximum atomic E-state index is 12.1. The molecule has 0 aliphatic carbocycles. The minimum atomic E-state index is -4.54. The maximum Gasteiger partial charge on any atom is 0.422 e. The number of alkyl halides is 3. The first-order valence-electron chi connectivity index (χ1n) is 6.06. The van der Waals surface area contributed by atoms with Crippen LogP contribution in [0.4, 0.5) is 24.7 Å². The molecule has 2 aromatic heterocycles. The number of anilines is 2. The molecule has 122 valence electrons. The molecule has 2 aromatic rings. The van der Waals surface area contributed by atoms with E-state index in [0.29, 0.717) is 5.69 Å². The van der Waals surface area contributed by atoms with Crippen LogP contribution in [0.3, 0.4) is 0 Å². The molecule has 0 saturated heterocycles. The van der Waals surface area contributed by atoms with Crippen LogP contribution >= 0.6 is 0 Å². The van der Waals surface area contributed by atoms with Crippen LogP contribution in [0.1, 0.15) is 10.5 Å². The van der Waals surface area contributed by atoms with E-state index in [0.717, 1.165) is 13.3 Å². The number of nitrogens with one attached hydrogen (secondary N) is 1. The number of aromatic nitrogens is 4. The van der Waals surface area contributed by atoms with Crippen molar-refractivity contribution >= 4 is 17.5 Å². The Bertz CT molecular complexity index is 681. The lowest BCUT2D eigenvalue weighted by Crippen LogP contribution is -2.20. The lowest BCUT2D eigenvalue weighted by Gasteiger charge is -2.11. The summed E-state index contributed by atoms with van der Waals surface area (Å²) in [4.78, 5) is 26.7. The van der Waals surface area contributed by atoms with Crippen molar-refractivity contribution in [1.82, 2.24) is 19.9 Å². The molecule has 0 radical (unpaired) electrons. The van der Waals surface area contributed by atoms with Crippen molar-refractivity contribution in [2.24, 2.45) is 0 Å². The van der Waals surface area contributed by atoms with E-state index in [1.165, 1.54) is 18.7 Å². The zero-order chi connectivity index (χ0) is 16.9. The topological polar surface area (TPSA) is 99.1 Å².